The van der Waals surface area contributed by atoms with Crippen molar-refractivity contribution in [1.29, 1.82) is 0 Å². The van der Waals surface area contributed by atoms with Crippen LogP contribution in [-0.4, -0.2) is 17.6 Å². The largest absolute Gasteiger partial charge is 0.462 e. The van der Waals surface area contributed by atoms with Gasteiger partial charge in [-0.3, -0.25) is 0 Å². The highest BCUT2D eigenvalue weighted by molar-refractivity contribution is 9.10. The van der Waals surface area contributed by atoms with Gasteiger partial charge >= 0.3 is 5.97 Å². The van der Waals surface area contributed by atoms with Gasteiger partial charge in [-0.15, -0.1) is 0 Å². The van der Waals surface area contributed by atoms with E-state index in [0.717, 1.165) is 16.8 Å². The summed E-state index contributed by atoms with van der Waals surface area (Å²) in [6, 6.07) is 9.04. The van der Waals surface area contributed by atoms with Gasteiger partial charge in [-0.2, -0.15) is 0 Å². The number of nitrogens with two attached hydrogens (primary N) is 1. The Morgan fingerprint density at radius 1 is 1.35 bits per heavy atom. The molecule has 0 bridgehead atoms. The van der Waals surface area contributed by atoms with Gasteiger partial charge in [-0.05, 0) is 59.6 Å². The van der Waals surface area contributed by atoms with Crippen LogP contribution in [0.1, 0.15) is 22.8 Å². The van der Waals surface area contributed by atoms with Crippen LogP contribution in [0.25, 0.3) is 11.3 Å². The molecule has 1 heterocycles. The highest BCUT2D eigenvalue weighted by Crippen LogP contribution is 2.27. The molecule has 0 unspecified atom stereocenters. The van der Waals surface area contributed by atoms with Crippen molar-refractivity contribution in [1.82, 2.24) is 4.98 Å². The molecule has 2 rings (SSSR count). The number of hydrogen-bond acceptors (Lipinski definition) is 4. The number of esters is 1. The summed E-state index contributed by atoms with van der Waals surface area (Å²) in [6.07, 6.45) is 0. The molecule has 0 aliphatic heterocycles. The number of nitrogens with zero attached hydrogens (tertiary/aromatic N) is 1. The molecule has 2 aromatic rings. The van der Waals surface area contributed by atoms with Crippen molar-refractivity contribution in [2.24, 2.45) is 0 Å². The van der Waals surface area contributed by atoms with Gasteiger partial charge in [0, 0.05) is 5.56 Å². The first-order chi connectivity index (χ1) is 9.52. The lowest BCUT2D eigenvalue weighted by Crippen LogP contribution is -2.05. The Morgan fingerprint density at radius 2 is 2.10 bits per heavy atom. The van der Waals surface area contributed by atoms with Gasteiger partial charge in [-0.25, -0.2) is 9.78 Å². The molecule has 0 atom stereocenters. The van der Waals surface area contributed by atoms with Gasteiger partial charge in [-0.1, -0.05) is 6.07 Å². The second-order valence-electron chi connectivity index (χ2n) is 4.33. The van der Waals surface area contributed by atoms with Crippen LogP contribution in [0.2, 0.25) is 0 Å². The van der Waals surface area contributed by atoms with Crippen molar-refractivity contribution in [3.8, 4) is 11.3 Å². The minimum Gasteiger partial charge on any atom is -0.462 e. The van der Waals surface area contributed by atoms with E-state index in [-0.39, 0.29) is 5.97 Å². The predicted octanol–water partition coefficient (Wildman–Crippen LogP) is 3.58. The Bertz CT molecular complexity index is 656. The smallest absolute Gasteiger partial charge is 0.338 e. The summed E-state index contributed by atoms with van der Waals surface area (Å²) in [5, 5.41) is 0. The molecule has 4 nitrogen and oxygen atoms in total. The summed E-state index contributed by atoms with van der Waals surface area (Å²) in [4.78, 5) is 16.2. The number of rotatable bonds is 3. The van der Waals surface area contributed by atoms with Crippen molar-refractivity contribution in [3.05, 3.63) is 46.1 Å². The van der Waals surface area contributed by atoms with E-state index < -0.39 is 0 Å². The number of carbonyl (C=O) groups is 1. The average molecular weight is 335 g/mol. The van der Waals surface area contributed by atoms with Crippen LogP contribution in [0.4, 0.5) is 5.69 Å². The molecule has 0 aliphatic carbocycles. The lowest BCUT2D eigenvalue weighted by molar-refractivity contribution is 0.0526. The molecule has 2 N–H and O–H groups in total. The molecule has 0 saturated heterocycles. The summed E-state index contributed by atoms with van der Waals surface area (Å²) in [6.45, 7) is 4.11. The zero-order chi connectivity index (χ0) is 14.7. The van der Waals surface area contributed by atoms with Gasteiger partial charge in [0.05, 0.1) is 23.6 Å². The van der Waals surface area contributed by atoms with E-state index in [9.17, 15) is 4.79 Å². The molecule has 0 saturated carbocycles. The Kier molecular flexibility index (Phi) is 4.39. The van der Waals surface area contributed by atoms with E-state index in [1.807, 2.05) is 19.1 Å². The van der Waals surface area contributed by atoms with E-state index in [0.29, 0.717) is 22.5 Å². The third-order valence-corrected chi connectivity index (χ3v) is 3.54. The first-order valence-electron chi connectivity index (χ1n) is 6.23. The van der Waals surface area contributed by atoms with Crippen LogP contribution in [0.15, 0.2) is 34.9 Å². The maximum Gasteiger partial charge on any atom is 0.338 e. The Hall–Kier alpha value is -1.88. The Labute approximate surface area is 126 Å². The fourth-order valence-corrected chi connectivity index (χ4v) is 2.16. The number of halogens is 1. The fourth-order valence-electron chi connectivity index (χ4n) is 1.83. The maximum absolute atomic E-state index is 11.8. The average Bonchev–Trinajstić information content (AvgIpc) is 2.43. The Balaban J connectivity index is 2.47. The van der Waals surface area contributed by atoms with E-state index in [2.05, 4.69) is 20.9 Å². The first-order valence-corrected chi connectivity index (χ1v) is 7.02. The molecule has 0 radical (unpaired) electrons. The number of ether oxygens (including phenoxy) is 1. The SMILES string of the molecule is CCOC(=O)c1ccc(C)c(-c2ccc(N)c(Br)n2)c1. The third-order valence-electron chi connectivity index (χ3n) is 2.90. The van der Waals surface area contributed by atoms with Crippen LogP contribution >= 0.6 is 15.9 Å². The molecule has 0 spiro atoms. The maximum atomic E-state index is 11.8. The van der Waals surface area contributed by atoms with Crippen LogP contribution in [0, 0.1) is 6.92 Å². The number of nitrogen functional groups attached to an aromatic ring is 1. The summed E-state index contributed by atoms with van der Waals surface area (Å²) in [7, 11) is 0. The predicted molar refractivity (Wildman–Crippen MR) is 82.5 cm³/mol. The molecular weight excluding hydrogens is 320 g/mol. The minimum atomic E-state index is -0.330. The molecule has 0 amide bonds. The molecule has 0 aliphatic rings. The number of aryl methyl sites for hydroxylation is 1. The summed E-state index contributed by atoms with van der Waals surface area (Å²) < 4.78 is 5.61. The van der Waals surface area contributed by atoms with Crippen molar-refractivity contribution < 1.29 is 9.53 Å². The van der Waals surface area contributed by atoms with E-state index in [1.54, 1.807) is 25.1 Å². The highest BCUT2D eigenvalue weighted by Gasteiger charge is 2.11. The summed E-state index contributed by atoms with van der Waals surface area (Å²) in [5.41, 5.74) is 9.51. The lowest BCUT2D eigenvalue weighted by Gasteiger charge is -2.09. The molecule has 0 fully saturated rings. The number of benzene rings is 1. The zero-order valence-corrected chi connectivity index (χ0v) is 12.9. The lowest BCUT2D eigenvalue weighted by atomic mass is 10.0. The fraction of sp³-hybridized carbons (Fsp3) is 0.200. The topological polar surface area (TPSA) is 65.2 Å². The Morgan fingerprint density at radius 3 is 2.75 bits per heavy atom. The van der Waals surface area contributed by atoms with Gasteiger partial charge in [0.1, 0.15) is 4.60 Å². The van der Waals surface area contributed by atoms with E-state index >= 15 is 0 Å². The number of anilines is 1. The highest BCUT2D eigenvalue weighted by atomic mass is 79.9. The summed E-state index contributed by atoms with van der Waals surface area (Å²) in [5.74, 6) is -0.330. The standard InChI is InChI=1S/C15H15BrN2O2/c1-3-20-15(19)10-5-4-9(2)11(8-10)13-7-6-12(17)14(16)18-13/h4-8H,3,17H2,1-2H3. The molecule has 1 aromatic carbocycles. The number of pyridine rings is 1. The van der Waals surface area contributed by atoms with Crippen LogP contribution < -0.4 is 5.73 Å². The molecular formula is C15H15BrN2O2. The number of aromatic nitrogens is 1. The third kappa shape index (κ3) is 2.99. The van der Waals surface area contributed by atoms with Gasteiger partial charge < -0.3 is 10.5 Å². The van der Waals surface area contributed by atoms with Gasteiger partial charge in [0.2, 0.25) is 0 Å². The van der Waals surface area contributed by atoms with E-state index in [4.69, 9.17) is 10.5 Å². The van der Waals surface area contributed by atoms with Gasteiger partial charge in [0.25, 0.3) is 0 Å². The molecule has 1 aromatic heterocycles. The number of carbonyl (C=O) groups excluding carboxylic acids is 1. The minimum absolute atomic E-state index is 0.330. The normalized spacial score (nSPS) is 10.3. The molecule has 104 valence electrons. The van der Waals surface area contributed by atoms with Crippen molar-refractivity contribution in [2.75, 3.05) is 12.3 Å². The van der Waals surface area contributed by atoms with Crippen molar-refractivity contribution in [3.63, 3.8) is 0 Å². The van der Waals surface area contributed by atoms with Crippen molar-refractivity contribution in [2.45, 2.75) is 13.8 Å². The van der Waals surface area contributed by atoms with Gasteiger partial charge in [0.15, 0.2) is 0 Å². The number of hydrogen-bond donors (Lipinski definition) is 1. The van der Waals surface area contributed by atoms with Crippen LogP contribution in [0.5, 0.6) is 0 Å². The second kappa shape index (κ2) is 6.05. The van der Waals surface area contributed by atoms with Crippen LogP contribution in [-0.2, 0) is 4.74 Å². The molecule has 20 heavy (non-hydrogen) atoms. The van der Waals surface area contributed by atoms with E-state index in [1.165, 1.54) is 0 Å². The second-order valence-corrected chi connectivity index (χ2v) is 5.08. The first kappa shape index (κ1) is 14.5. The molecule has 5 heteroatoms. The monoisotopic (exact) mass is 334 g/mol. The summed E-state index contributed by atoms with van der Waals surface area (Å²) >= 11 is 3.31. The quantitative estimate of drug-likeness (QED) is 0.688. The zero-order valence-electron chi connectivity index (χ0n) is 11.3. The van der Waals surface area contributed by atoms with Crippen molar-refractivity contribution >= 4 is 27.6 Å². The van der Waals surface area contributed by atoms with Crippen LogP contribution in [0.3, 0.4) is 0 Å².